The molecule has 0 bridgehead atoms. The molecule has 4 heteroatoms. The lowest BCUT2D eigenvalue weighted by atomic mass is 9.85. The van der Waals surface area contributed by atoms with Gasteiger partial charge in [0.25, 0.3) is 0 Å². The molecule has 0 aliphatic rings. The third-order valence-corrected chi connectivity index (χ3v) is 4.44. The van der Waals surface area contributed by atoms with Crippen molar-refractivity contribution in [3.63, 3.8) is 0 Å². The first-order valence-electron chi connectivity index (χ1n) is 8.61. The van der Waals surface area contributed by atoms with Crippen molar-refractivity contribution in [3.8, 4) is 5.75 Å². The molecule has 136 valence electrons. The standard InChI is InChI=1S/C23H19FO3/c1-27-23-18(13-8-14-20(23)24)21(25)15-19(16-9-4-2-5-10-16)22(26)17-11-6-3-7-12-17/h2-14,19H,15H2,1H3. The highest BCUT2D eigenvalue weighted by Crippen LogP contribution is 2.30. The van der Waals surface area contributed by atoms with Gasteiger partial charge in [0.2, 0.25) is 0 Å². The van der Waals surface area contributed by atoms with Crippen molar-refractivity contribution >= 4 is 11.6 Å². The lowest BCUT2D eigenvalue weighted by Gasteiger charge is -2.17. The van der Waals surface area contributed by atoms with Crippen LogP contribution in [0.4, 0.5) is 4.39 Å². The Morgan fingerprint density at radius 2 is 1.52 bits per heavy atom. The minimum absolute atomic E-state index is 0.0719. The Hall–Kier alpha value is -3.27. The van der Waals surface area contributed by atoms with Crippen LogP contribution in [0.25, 0.3) is 0 Å². The Morgan fingerprint density at radius 1 is 0.889 bits per heavy atom. The zero-order valence-electron chi connectivity index (χ0n) is 14.9. The molecule has 0 radical (unpaired) electrons. The number of hydrogen-bond donors (Lipinski definition) is 0. The molecule has 3 aromatic carbocycles. The molecule has 3 rings (SSSR count). The maximum atomic E-state index is 14.0. The van der Waals surface area contributed by atoms with Crippen LogP contribution in [0.15, 0.2) is 78.9 Å². The van der Waals surface area contributed by atoms with E-state index in [1.54, 1.807) is 24.3 Å². The monoisotopic (exact) mass is 362 g/mol. The van der Waals surface area contributed by atoms with E-state index in [1.165, 1.54) is 25.3 Å². The number of benzene rings is 3. The Balaban J connectivity index is 1.96. The molecule has 0 aromatic heterocycles. The summed E-state index contributed by atoms with van der Waals surface area (Å²) in [6.45, 7) is 0. The zero-order valence-corrected chi connectivity index (χ0v) is 14.9. The minimum atomic E-state index is -0.658. The topological polar surface area (TPSA) is 43.4 Å². The third kappa shape index (κ3) is 4.11. The van der Waals surface area contributed by atoms with Crippen LogP contribution in [-0.2, 0) is 0 Å². The van der Waals surface area contributed by atoms with Gasteiger partial charge in [-0.3, -0.25) is 9.59 Å². The number of Topliss-reactive ketones (excluding diaryl/α,β-unsaturated/α-hetero) is 2. The second-order valence-corrected chi connectivity index (χ2v) is 6.14. The molecule has 0 aliphatic carbocycles. The predicted octanol–water partition coefficient (Wildman–Crippen LogP) is 5.07. The predicted molar refractivity (Wildman–Crippen MR) is 102 cm³/mol. The largest absolute Gasteiger partial charge is 0.493 e. The van der Waals surface area contributed by atoms with E-state index in [0.29, 0.717) is 5.56 Å². The zero-order chi connectivity index (χ0) is 19.2. The van der Waals surface area contributed by atoms with Gasteiger partial charge in [0, 0.05) is 12.0 Å². The summed E-state index contributed by atoms with van der Waals surface area (Å²) in [6.07, 6.45) is -0.0719. The average Bonchev–Trinajstić information content (AvgIpc) is 2.72. The first-order chi connectivity index (χ1) is 13.1. The lowest BCUT2D eigenvalue weighted by molar-refractivity contribution is 0.0891. The molecule has 0 amide bonds. The van der Waals surface area contributed by atoms with Crippen molar-refractivity contribution in [3.05, 3.63) is 101 Å². The summed E-state index contributed by atoms with van der Waals surface area (Å²) in [4.78, 5) is 26.0. The van der Waals surface area contributed by atoms with Crippen LogP contribution in [0.5, 0.6) is 5.75 Å². The summed E-state index contributed by atoms with van der Waals surface area (Å²) in [5.41, 5.74) is 1.42. The summed E-state index contributed by atoms with van der Waals surface area (Å²) in [5, 5.41) is 0. The number of carbonyl (C=O) groups excluding carboxylic acids is 2. The van der Waals surface area contributed by atoms with Gasteiger partial charge in [0.1, 0.15) is 0 Å². The van der Waals surface area contributed by atoms with E-state index in [9.17, 15) is 14.0 Å². The quantitative estimate of drug-likeness (QED) is 0.551. The molecule has 1 atom stereocenters. The Kier molecular flexibility index (Phi) is 5.77. The first-order valence-corrected chi connectivity index (χ1v) is 8.61. The number of rotatable bonds is 7. The maximum Gasteiger partial charge on any atom is 0.170 e. The molecule has 0 fully saturated rings. The summed E-state index contributed by atoms with van der Waals surface area (Å²) in [5.74, 6) is -1.85. The number of para-hydroxylation sites is 1. The van der Waals surface area contributed by atoms with Crippen molar-refractivity contribution in [2.45, 2.75) is 12.3 Å². The van der Waals surface area contributed by atoms with Gasteiger partial charge in [-0.2, -0.15) is 0 Å². The van der Waals surface area contributed by atoms with Gasteiger partial charge in [-0.25, -0.2) is 4.39 Å². The molecule has 1 unspecified atom stereocenters. The molecule has 3 nitrogen and oxygen atoms in total. The van der Waals surface area contributed by atoms with Gasteiger partial charge in [-0.05, 0) is 17.7 Å². The summed E-state index contributed by atoms with van der Waals surface area (Å²) in [6, 6.07) is 22.2. The Labute approximate surface area is 157 Å². The average molecular weight is 362 g/mol. The van der Waals surface area contributed by atoms with Crippen molar-refractivity contribution in [1.82, 2.24) is 0 Å². The Bertz CT molecular complexity index is 936. The van der Waals surface area contributed by atoms with Crippen LogP contribution in [0.3, 0.4) is 0 Å². The lowest BCUT2D eigenvalue weighted by Crippen LogP contribution is -2.18. The van der Waals surface area contributed by atoms with Gasteiger partial charge in [-0.15, -0.1) is 0 Å². The van der Waals surface area contributed by atoms with Crippen molar-refractivity contribution in [1.29, 1.82) is 0 Å². The van der Waals surface area contributed by atoms with Crippen LogP contribution in [0.1, 0.15) is 38.6 Å². The smallest absolute Gasteiger partial charge is 0.170 e. The van der Waals surface area contributed by atoms with Crippen molar-refractivity contribution < 1.29 is 18.7 Å². The second-order valence-electron chi connectivity index (χ2n) is 6.14. The molecule has 0 aliphatic heterocycles. The minimum Gasteiger partial charge on any atom is -0.493 e. The number of methoxy groups -OCH3 is 1. The highest BCUT2D eigenvalue weighted by molar-refractivity contribution is 6.07. The van der Waals surface area contributed by atoms with E-state index in [0.717, 1.165) is 5.56 Å². The van der Waals surface area contributed by atoms with E-state index in [-0.39, 0.29) is 29.3 Å². The second kappa shape index (κ2) is 8.41. The SMILES string of the molecule is COc1c(F)cccc1C(=O)CC(C(=O)c1ccccc1)c1ccccc1. The van der Waals surface area contributed by atoms with E-state index < -0.39 is 11.7 Å². The molecular formula is C23H19FO3. The van der Waals surface area contributed by atoms with E-state index in [4.69, 9.17) is 4.74 Å². The molecule has 0 saturated carbocycles. The van der Waals surface area contributed by atoms with Gasteiger partial charge in [0.15, 0.2) is 23.1 Å². The van der Waals surface area contributed by atoms with Gasteiger partial charge < -0.3 is 4.74 Å². The first kappa shape index (κ1) is 18.5. The summed E-state index contributed by atoms with van der Waals surface area (Å²) in [7, 11) is 1.32. The van der Waals surface area contributed by atoms with Crippen molar-refractivity contribution in [2.24, 2.45) is 0 Å². The number of ether oxygens (including phenoxy) is 1. The molecule has 0 heterocycles. The molecule has 3 aromatic rings. The number of hydrogen-bond acceptors (Lipinski definition) is 3. The van der Waals surface area contributed by atoms with Crippen LogP contribution < -0.4 is 4.74 Å². The molecule has 0 N–H and O–H groups in total. The van der Waals surface area contributed by atoms with Gasteiger partial charge >= 0.3 is 0 Å². The van der Waals surface area contributed by atoms with Crippen LogP contribution in [0, 0.1) is 5.82 Å². The number of carbonyl (C=O) groups is 2. The van der Waals surface area contributed by atoms with Crippen LogP contribution >= 0.6 is 0 Å². The van der Waals surface area contributed by atoms with Crippen molar-refractivity contribution in [2.75, 3.05) is 7.11 Å². The third-order valence-electron chi connectivity index (χ3n) is 4.44. The fourth-order valence-electron chi connectivity index (χ4n) is 3.08. The van der Waals surface area contributed by atoms with Gasteiger partial charge in [0.05, 0.1) is 18.6 Å². The van der Waals surface area contributed by atoms with Gasteiger partial charge in [-0.1, -0.05) is 66.7 Å². The van der Waals surface area contributed by atoms with E-state index >= 15 is 0 Å². The summed E-state index contributed by atoms with van der Waals surface area (Å²) >= 11 is 0. The molecular weight excluding hydrogens is 343 g/mol. The highest BCUT2D eigenvalue weighted by atomic mass is 19.1. The van der Waals surface area contributed by atoms with E-state index in [2.05, 4.69) is 0 Å². The number of halogens is 1. The molecule has 0 saturated heterocycles. The molecule has 0 spiro atoms. The highest BCUT2D eigenvalue weighted by Gasteiger charge is 2.27. The fraction of sp³-hybridized carbons (Fsp3) is 0.130. The molecule has 27 heavy (non-hydrogen) atoms. The number of ketones is 2. The fourth-order valence-corrected chi connectivity index (χ4v) is 3.08. The van der Waals surface area contributed by atoms with Crippen LogP contribution in [-0.4, -0.2) is 18.7 Å². The Morgan fingerprint density at radius 3 is 2.15 bits per heavy atom. The van der Waals surface area contributed by atoms with E-state index in [1.807, 2.05) is 36.4 Å². The van der Waals surface area contributed by atoms with Crippen LogP contribution in [0.2, 0.25) is 0 Å². The normalized spacial score (nSPS) is 11.6. The summed E-state index contributed by atoms with van der Waals surface area (Å²) < 4.78 is 19.0. The maximum absolute atomic E-state index is 14.0.